The highest BCUT2D eigenvalue weighted by Crippen LogP contribution is 2.38. The quantitative estimate of drug-likeness (QED) is 0.713. The Kier molecular flexibility index (Phi) is 6.20. The second kappa shape index (κ2) is 8.88. The van der Waals surface area contributed by atoms with Crippen molar-refractivity contribution < 1.29 is 18.3 Å². The molecular formula is C23H27F2N3O3. The monoisotopic (exact) mass is 431 g/mol. The van der Waals surface area contributed by atoms with Crippen LogP contribution in [0.15, 0.2) is 23.1 Å². The Morgan fingerprint density at radius 1 is 1.35 bits per heavy atom. The molecule has 1 saturated carbocycles. The number of halogens is 2. The Balaban J connectivity index is 1.80. The molecule has 6 nitrogen and oxygen atoms in total. The number of ether oxygens (including phenoxy) is 1. The summed E-state index contributed by atoms with van der Waals surface area (Å²) < 4.78 is 36.1. The summed E-state index contributed by atoms with van der Waals surface area (Å²) in [6.45, 7) is 4.49. The zero-order valence-electron chi connectivity index (χ0n) is 17.8. The number of hydrogen-bond donors (Lipinski definition) is 1. The number of aromatic nitrogens is 1. The van der Waals surface area contributed by atoms with E-state index in [9.17, 15) is 18.4 Å². The number of pyridine rings is 1. The molecule has 1 aliphatic carbocycles. The van der Waals surface area contributed by atoms with Crippen molar-refractivity contribution in [3.05, 3.63) is 51.3 Å². The Morgan fingerprint density at radius 3 is 2.81 bits per heavy atom. The summed E-state index contributed by atoms with van der Waals surface area (Å²) in [6.07, 6.45) is 7.15. The van der Waals surface area contributed by atoms with Gasteiger partial charge >= 0.3 is 5.97 Å². The lowest BCUT2D eigenvalue weighted by Gasteiger charge is -2.30. The number of likely N-dealkylation sites (N-methyl/N-ethyl adjacent to an activating group) is 1. The number of nitrogens with one attached hydrogen (secondary N) is 1. The SMILES string of the molecule is CCOC(=O)c1cn(C2CC2)c2c(C=CCC3CN(C)CCN3)c(F)c(F)cc2c1=O. The predicted molar refractivity (Wildman–Crippen MR) is 115 cm³/mol. The van der Waals surface area contributed by atoms with E-state index >= 15 is 0 Å². The van der Waals surface area contributed by atoms with Crippen LogP contribution < -0.4 is 10.7 Å². The molecule has 2 aromatic rings. The Labute approximate surface area is 179 Å². The van der Waals surface area contributed by atoms with Crippen LogP contribution in [0.5, 0.6) is 0 Å². The minimum absolute atomic E-state index is 0.00784. The third kappa shape index (κ3) is 4.41. The van der Waals surface area contributed by atoms with E-state index in [2.05, 4.69) is 10.2 Å². The van der Waals surface area contributed by atoms with Crippen LogP contribution in [-0.2, 0) is 4.74 Å². The standard InChI is InChI=1S/C23H27F2N3O3/c1-3-31-23(30)18-13-28(15-7-8-15)21-16(20(25)19(24)11-17(21)22(18)29)6-4-5-14-12-27(2)10-9-26-14/h4,6,11,13-15,26H,3,5,7-10,12H2,1-2H3. The van der Waals surface area contributed by atoms with Gasteiger partial charge in [0, 0.05) is 43.5 Å². The van der Waals surface area contributed by atoms with Crippen LogP contribution >= 0.6 is 0 Å². The molecule has 2 aliphatic rings. The van der Waals surface area contributed by atoms with Gasteiger partial charge in [-0.05, 0) is 39.3 Å². The molecule has 0 spiro atoms. The molecule has 8 heteroatoms. The predicted octanol–water partition coefficient (Wildman–Crippen LogP) is 3.10. The van der Waals surface area contributed by atoms with Crippen molar-refractivity contribution in [1.82, 2.24) is 14.8 Å². The molecule has 1 aromatic heterocycles. The number of carbonyl (C=O) groups excluding carboxylic acids is 1. The second-order valence-corrected chi connectivity index (χ2v) is 8.26. The molecule has 2 fully saturated rings. The normalized spacial score (nSPS) is 19.9. The molecule has 4 rings (SSSR count). The summed E-state index contributed by atoms with van der Waals surface area (Å²) in [7, 11) is 2.05. The van der Waals surface area contributed by atoms with Gasteiger partial charge in [-0.1, -0.05) is 12.2 Å². The number of benzene rings is 1. The van der Waals surface area contributed by atoms with Gasteiger partial charge in [0.1, 0.15) is 5.56 Å². The number of piperazine rings is 1. The number of nitrogens with zero attached hydrogens (tertiary/aromatic N) is 2. The first-order chi connectivity index (χ1) is 14.9. The lowest BCUT2D eigenvalue weighted by atomic mass is 10.0. The van der Waals surface area contributed by atoms with Crippen LogP contribution in [-0.4, -0.2) is 54.8 Å². The van der Waals surface area contributed by atoms with Crippen molar-refractivity contribution in [2.75, 3.05) is 33.3 Å². The molecular weight excluding hydrogens is 404 g/mol. The average molecular weight is 431 g/mol. The molecule has 166 valence electrons. The topological polar surface area (TPSA) is 63.6 Å². The summed E-state index contributed by atoms with van der Waals surface area (Å²) in [4.78, 5) is 27.5. The molecule has 31 heavy (non-hydrogen) atoms. The van der Waals surface area contributed by atoms with Crippen molar-refractivity contribution in [3.8, 4) is 0 Å². The number of fused-ring (bicyclic) bond motifs is 1. The number of hydrogen-bond acceptors (Lipinski definition) is 5. The van der Waals surface area contributed by atoms with Crippen LogP contribution in [0.4, 0.5) is 8.78 Å². The molecule has 2 heterocycles. The highest BCUT2D eigenvalue weighted by atomic mass is 19.2. The van der Waals surface area contributed by atoms with E-state index in [1.807, 2.05) is 13.1 Å². The Morgan fingerprint density at radius 2 is 2.13 bits per heavy atom. The Hall–Kier alpha value is -2.58. The van der Waals surface area contributed by atoms with Gasteiger partial charge in [-0.25, -0.2) is 13.6 Å². The molecule has 0 radical (unpaired) electrons. The fraction of sp³-hybridized carbons (Fsp3) is 0.478. The van der Waals surface area contributed by atoms with E-state index < -0.39 is 23.0 Å². The highest BCUT2D eigenvalue weighted by molar-refractivity contribution is 5.96. The first kappa shape index (κ1) is 21.6. The van der Waals surface area contributed by atoms with Gasteiger partial charge in [0.2, 0.25) is 5.43 Å². The van der Waals surface area contributed by atoms with Crippen LogP contribution in [0.3, 0.4) is 0 Å². The maximum absolute atomic E-state index is 14.9. The molecule has 1 unspecified atom stereocenters. The summed E-state index contributed by atoms with van der Waals surface area (Å²) in [6, 6.07) is 1.16. The van der Waals surface area contributed by atoms with Crippen LogP contribution in [0.1, 0.15) is 48.1 Å². The van der Waals surface area contributed by atoms with Gasteiger partial charge in [-0.3, -0.25) is 4.79 Å². The first-order valence-corrected chi connectivity index (χ1v) is 10.7. The summed E-state index contributed by atoms with van der Waals surface area (Å²) in [5, 5.41) is 3.40. The first-order valence-electron chi connectivity index (χ1n) is 10.7. The number of rotatable bonds is 6. The summed E-state index contributed by atoms with van der Waals surface area (Å²) in [5.41, 5.74) is -0.436. The van der Waals surface area contributed by atoms with Crippen molar-refractivity contribution in [2.45, 2.75) is 38.3 Å². The highest BCUT2D eigenvalue weighted by Gasteiger charge is 2.29. The average Bonchev–Trinajstić information content (AvgIpc) is 3.57. The molecule has 1 saturated heterocycles. The van der Waals surface area contributed by atoms with Gasteiger partial charge in [0.25, 0.3) is 0 Å². The maximum atomic E-state index is 14.9. The molecule has 0 amide bonds. The molecule has 1 aliphatic heterocycles. The van der Waals surface area contributed by atoms with E-state index in [1.54, 1.807) is 17.6 Å². The minimum Gasteiger partial charge on any atom is -0.462 e. The fourth-order valence-electron chi connectivity index (χ4n) is 4.14. The van der Waals surface area contributed by atoms with Crippen molar-refractivity contribution >= 4 is 22.9 Å². The third-order valence-electron chi connectivity index (χ3n) is 5.84. The van der Waals surface area contributed by atoms with Crippen molar-refractivity contribution in [2.24, 2.45) is 0 Å². The molecule has 0 bridgehead atoms. The van der Waals surface area contributed by atoms with Crippen LogP contribution in [0.2, 0.25) is 0 Å². The Bertz CT molecular complexity index is 1090. The smallest absolute Gasteiger partial charge is 0.343 e. The minimum atomic E-state index is -1.11. The van der Waals surface area contributed by atoms with Gasteiger partial charge in [-0.2, -0.15) is 0 Å². The lowest BCUT2D eigenvalue weighted by molar-refractivity contribution is 0.0524. The van der Waals surface area contributed by atoms with Gasteiger partial charge in [0.15, 0.2) is 11.6 Å². The fourth-order valence-corrected chi connectivity index (χ4v) is 4.14. The largest absolute Gasteiger partial charge is 0.462 e. The van der Waals surface area contributed by atoms with E-state index in [0.717, 1.165) is 38.5 Å². The third-order valence-corrected chi connectivity index (χ3v) is 5.84. The van der Waals surface area contributed by atoms with Crippen molar-refractivity contribution in [3.63, 3.8) is 0 Å². The maximum Gasteiger partial charge on any atom is 0.343 e. The number of carbonyl (C=O) groups is 1. The van der Waals surface area contributed by atoms with E-state index in [4.69, 9.17) is 4.74 Å². The zero-order valence-corrected chi connectivity index (χ0v) is 17.8. The summed E-state index contributed by atoms with van der Waals surface area (Å²) >= 11 is 0. The van der Waals surface area contributed by atoms with E-state index in [1.165, 1.54) is 6.20 Å². The lowest BCUT2D eigenvalue weighted by Crippen LogP contribution is -2.48. The molecule has 1 atom stereocenters. The van der Waals surface area contributed by atoms with E-state index in [-0.39, 0.29) is 35.2 Å². The summed E-state index contributed by atoms with van der Waals surface area (Å²) in [5.74, 6) is -2.85. The second-order valence-electron chi connectivity index (χ2n) is 8.26. The van der Waals surface area contributed by atoms with Gasteiger partial charge < -0.3 is 19.5 Å². The zero-order chi connectivity index (χ0) is 22.1. The molecule has 1 N–H and O–H groups in total. The van der Waals surface area contributed by atoms with Crippen LogP contribution in [0, 0.1) is 11.6 Å². The van der Waals surface area contributed by atoms with Crippen LogP contribution in [0.25, 0.3) is 17.0 Å². The molecule has 1 aromatic carbocycles. The van der Waals surface area contributed by atoms with Gasteiger partial charge in [-0.15, -0.1) is 0 Å². The van der Waals surface area contributed by atoms with Crippen molar-refractivity contribution in [1.29, 1.82) is 0 Å². The number of esters is 1. The van der Waals surface area contributed by atoms with Gasteiger partial charge in [0.05, 0.1) is 17.5 Å². The van der Waals surface area contributed by atoms with E-state index in [0.29, 0.717) is 11.9 Å².